The number of nitro benzene ring substituents is 1. The highest BCUT2D eigenvalue weighted by molar-refractivity contribution is 7.92. The van der Waals surface area contributed by atoms with E-state index >= 15 is 0 Å². The molecule has 10 nitrogen and oxygen atoms in total. The molecule has 0 aromatic heterocycles. The van der Waals surface area contributed by atoms with Crippen molar-refractivity contribution in [1.82, 2.24) is 5.43 Å². The van der Waals surface area contributed by atoms with Gasteiger partial charge in [-0.1, -0.05) is 0 Å². The molecule has 0 saturated heterocycles. The van der Waals surface area contributed by atoms with Gasteiger partial charge < -0.3 is 4.74 Å². The largest absolute Gasteiger partial charge is 0.494 e. The van der Waals surface area contributed by atoms with Crippen molar-refractivity contribution in [2.45, 2.75) is 18.7 Å². The third-order valence-corrected chi connectivity index (χ3v) is 6.06. The molecular formula is C23H22N4O6S. The number of rotatable bonds is 9. The van der Waals surface area contributed by atoms with Crippen LogP contribution >= 0.6 is 0 Å². The van der Waals surface area contributed by atoms with Gasteiger partial charge in [-0.2, -0.15) is 5.10 Å². The van der Waals surface area contributed by atoms with Crippen LogP contribution in [0.3, 0.4) is 0 Å². The second kappa shape index (κ2) is 10.6. The van der Waals surface area contributed by atoms with Crippen LogP contribution < -0.4 is 14.9 Å². The van der Waals surface area contributed by atoms with Crippen LogP contribution in [0.5, 0.6) is 5.75 Å². The van der Waals surface area contributed by atoms with Gasteiger partial charge in [0.2, 0.25) is 0 Å². The van der Waals surface area contributed by atoms with Gasteiger partial charge in [-0.05, 0) is 80.1 Å². The van der Waals surface area contributed by atoms with Gasteiger partial charge in [-0.3, -0.25) is 19.6 Å². The smallest absolute Gasteiger partial charge is 0.271 e. The van der Waals surface area contributed by atoms with Gasteiger partial charge in [0.25, 0.3) is 21.6 Å². The Morgan fingerprint density at radius 3 is 2.12 bits per heavy atom. The molecule has 0 saturated carbocycles. The molecule has 0 atom stereocenters. The molecule has 0 fully saturated rings. The highest BCUT2D eigenvalue weighted by atomic mass is 32.2. The molecule has 2 N–H and O–H groups in total. The zero-order valence-electron chi connectivity index (χ0n) is 18.4. The Bertz CT molecular complexity index is 1300. The quantitative estimate of drug-likeness (QED) is 0.269. The Morgan fingerprint density at radius 1 is 0.971 bits per heavy atom. The van der Waals surface area contributed by atoms with Crippen LogP contribution in [-0.4, -0.2) is 31.6 Å². The molecule has 1 amide bonds. The zero-order valence-corrected chi connectivity index (χ0v) is 19.2. The number of carbonyl (C=O) groups excluding carboxylic acids is 1. The highest BCUT2D eigenvalue weighted by Gasteiger charge is 2.15. The molecule has 0 radical (unpaired) electrons. The average Bonchev–Trinajstić information content (AvgIpc) is 2.83. The van der Waals surface area contributed by atoms with Gasteiger partial charge in [-0.25, -0.2) is 13.8 Å². The molecule has 34 heavy (non-hydrogen) atoms. The minimum absolute atomic E-state index is 0.0428. The minimum Gasteiger partial charge on any atom is -0.494 e. The van der Waals surface area contributed by atoms with E-state index in [-0.39, 0.29) is 21.8 Å². The summed E-state index contributed by atoms with van der Waals surface area (Å²) < 4.78 is 32.9. The summed E-state index contributed by atoms with van der Waals surface area (Å²) in [6.07, 6.45) is 0. The lowest BCUT2D eigenvalue weighted by atomic mass is 10.1. The SMILES string of the molecule is CCOc1ccc(S(=O)(=O)Nc2ccc(C(=O)N/N=C(\C)c3ccc([N+](=O)[O-])cc3)cc2)cc1. The molecule has 0 spiro atoms. The van der Waals surface area contributed by atoms with E-state index in [1.165, 1.54) is 60.7 Å². The monoisotopic (exact) mass is 482 g/mol. The first kappa shape index (κ1) is 24.4. The molecule has 11 heteroatoms. The molecule has 3 aromatic rings. The number of nitrogens with one attached hydrogen (secondary N) is 2. The lowest BCUT2D eigenvalue weighted by Gasteiger charge is -2.10. The number of ether oxygens (including phenoxy) is 1. The standard InChI is InChI=1S/C23H22N4O6S/c1-3-33-21-12-14-22(15-13-21)34(31,32)26-19-8-4-18(5-9-19)23(28)25-24-16(2)17-6-10-20(11-7-17)27(29)30/h4-15,26H,3H2,1-2H3,(H,25,28)/b24-16+. The number of anilines is 1. The normalized spacial score (nSPS) is 11.5. The molecular weight excluding hydrogens is 460 g/mol. The van der Waals surface area contributed by atoms with E-state index in [9.17, 15) is 23.3 Å². The fraction of sp³-hybridized carbons (Fsp3) is 0.130. The van der Waals surface area contributed by atoms with E-state index in [0.717, 1.165) is 0 Å². The van der Waals surface area contributed by atoms with Gasteiger partial charge >= 0.3 is 0 Å². The van der Waals surface area contributed by atoms with E-state index in [2.05, 4.69) is 15.2 Å². The number of hydrogen-bond acceptors (Lipinski definition) is 7. The third kappa shape index (κ3) is 6.17. The summed E-state index contributed by atoms with van der Waals surface area (Å²) in [6.45, 7) is 3.97. The molecule has 0 unspecified atom stereocenters. The van der Waals surface area contributed by atoms with Crippen LogP contribution in [0.4, 0.5) is 11.4 Å². The predicted molar refractivity (Wildman–Crippen MR) is 128 cm³/mol. The number of benzene rings is 3. The van der Waals surface area contributed by atoms with Crippen LogP contribution in [-0.2, 0) is 10.0 Å². The maximum absolute atomic E-state index is 12.6. The van der Waals surface area contributed by atoms with Crippen molar-refractivity contribution in [3.63, 3.8) is 0 Å². The number of nitro groups is 1. The maximum Gasteiger partial charge on any atom is 0.271 e. The first-order chi connectivity index (χ1) is 16.2. The van der Waals surface area contributed by atoms with Crippen LogP contribution in [0.2, 0.25) is 0 Å². The fourth-order valence-electron chi connectivity index (χ4n) is 2.87. The molecule has 0 aliphatic rings. The number of amides is 1. The molecule has 0 aliphatic carbocycles. The number of non-ortho nitro benzene ring substituents is 1. The Morgan fingerprint density at radius 2 is 1.56 bits per heavy atom. The van der Waals surface area contributed by atoms with E-state index in [1.54, 1.807) is 19.1 Å². The minimum atomic E-state index is -3.81. The van der Waals surface area contributed by atoms with E-state index in [4.69, 9.17) is 4.74 Å². The lowest BCUT2D eigenvalue weighted by molar-refractivity contribution is -0.384. The van der Waals surface area contributed by atoms with Crippen molar-refractivity contribution in [3.8, 4) is 5.75 Å². The average molecular weight is 483 g/mol. The third-order valence-electron chi connectivity index (χ3n) is 4.67. The first-order valence-corrected chi connectivity index (χ1v) is 11.6. The Balaban J connectivity index is 1.63. The van der Waals surface area contributed by atoms with Crippen molar-refractivity contribution in [2.75, 3.05) is 11.3 Å². The van der Waals surface area contributed by atoms with Crippen molar-refractivity contribution in [2.24, 2.45) is 5.10 Å². The summed E-state index contributed by atoms with van der Waals surface area (Å²) in [6, 6.07) is 17.7. The van der Waals surface area contributed by atoms with Crippen LogP contribution in [0.1, 0.15) is 29.8 Å². The summed E-state index contributed by atoms with van der Waals surface area (Å²) in [5.74, 6) is 0.0745. The number of sulfonamides is 1. The summed E-state index contributed by atoms with van der Waals surface area (Å²) in [5.41, 5.74) is 4.00. The lowest BCUT2D eigenvalue weighted by Crippen LogP contribution is -2.19. The van der Waals surface area contributed by atoms with Crippen molar-refractivity contribution in [3.05, 3.63) is 94.0 Å². The summed E-state index contributed by atoms with van der Waals surface area (Å²) in [7, 11) is -3.81. The van der Waals surface area contributed by atoms with Gasteiger partial charge in [0.15, 0.2) is 0 Å². The second-order valence-electron chi connectivity index (χ2n) is 7.03. The predicted octanol–water partition coefficient (Wildman–Crippen LogP) is 3.95. The summed E-state index contributed by atoms with van der Waals surface area (Å²) in [5, 5.41) is 14.7. The van der Waals surface area contributed by atoms with Crippen LogP contribution in [0, 0.1) is 10.1 Å². The topological polar surface area (TPSA) is 140 Å². The summed E-state index contributed by atoms with van der Waals surface area (Å²) in [4.78, 5) is 22.7. The number of hydrazone groups is 1. The Labute approximate surface area is 196 Å². The Hall–Kier alpha value is -4.25. The van der Waals surface area contributed by atoms with Crippen molar-refractivity contribution < 1.29 is 22.9 Å². The molecule has 176 valence electrons. The van der Waals surface area contributed by atoms with Crippen LogP contribution in [0.25, 0.3) is 0 Å². The van der Waals surface area contributed by atoms with Gasteiger partial charge in [0.1, 0.15) is 5.75 Å². The van der Waals surface area contributed by atoms with Crippen LogP contribution in [0.15, 0.2) is 82.8 Å². The Kier molecular flexibility index (Phi) is 7.59. The molecule has 0 heterocycles. The zero-order chi connectivity index (χ0) is 24.7. The first-order valence-electron chi connectivity index (χ1n) is 10.1. The van der Waals surface area contributed by atoms with Gasteiger partial charge in [-0.15, -0.1) is 0 Å². The molecule has 3 aromatic carbocycles. The molecule has 0 aliphatic heterocycles. The number of carbonyl (C=O) groups is 1. The van der Waals surface area contributed by atoms with E-state index < -0.39 is 20.9 Å². The van der Waals surface area contributed by atoms with E-state index in [1.807, 2.05) is 6.92 Å². The molecule has 3 rings (SSSR count). The fourth-order valence-corrected chi connectivity index (χ4v) is 3.93. The van der Waals surface area contributed by atoms with Gasteiger partial charge in [0.05, 0.1) is 22.1 Å². The highest BCUT2D eigenvalue weighted by Crippen LogP contribution is 2.20. The second-order valence-corrected chi connectivity index (χ2v) is 8.71. The maximum atomic E-state index is 12.6. The van der Waals surface area contributed by atoms with Crippen molar-refractivity contribution >= 4 is 33.0 Å². The van der Waals surface area contributed by atoms with Gasteiger partial charge in [0, 0.05) is 23.4 Å². The summed E-state index contributed by atoms with van der Waals surface area (Å²) >= 11 is 0. The number of hydrogen-bond donors (Lipinski definition) is 2. The number of nitrogens with zero attached hydrogens (tertiary/aromatic N) is 2. The van der Waals surface area contributed by atoms with E-state index in [0.29, 0.717) is 23.6 Å². The van der Waals surface area contributed by atoms with Crippen molar-refractivity contribution in [1.29, 1.82) is 0 Å². The molecule has 0 bridgehead atoms.